The number of carbonyl (C=O) groups is 1. The number of ether oxygens (including phenoxy) is 1. The molecule has 1 heterocycles. The van der Waals surface area contributed by atoms with Crippen molar-refractivity contribution in [2.24, 2.45) is 5.41 Å². The molecule has 1 atom stereocenters. The van der Waals surface area contributed by atoms with Crippen molar-refractivity contribution < 1.29 is 19.0 Å². The summed E-state index contributed by atoms with van der Waals surface area (Å²) in [6.07, 6.45) is 1.70. The van der Waals surface area contributed by atoms with Gasteiger partial charge in [-0.1, -0.05) is 60.5 Å². The van der Waals surface area contributed by atoms with Crippen molar-refractivity contribution in [3.05, 3.63) is 98.8 Å². The molecule has 0 spiro atoms. The largest absolute Gasteiger partial charge is 0.493 e. The Hall–Kier alpha value is -2.60. The second-order valence-corrected chi connectivity index (χ2v) is 10.8. The predicted octanol–water partition coefficient (Wildman–Crippen LogP) is 7.20. The summed E-state index contributed by atoms with van der Waals surface area (Å²) >= 11 is 12.6. The van der Waals surface area contributed by atoms with Gasteiger partial charge in [-0.3, -0.25) is 4.90 Å². The minimum atomic E-state index is -1.26. The van der Waals surface area contributed by atoms with Crippen LogP contribution < -0.4 is 4.74 Å². The fourth-order valence-electron chi connectivity index (χ4n) is 5.06. The quantitative estimate of drug-likeness (QED) is 0.346. The van der Waals surface area contributed by atoms with Crippen LogP contribution in [-0.2, 0) is 0 Å². The molecule has 3 aromatic rings. The summed E-state index contributed by atoms with van der Waals surface area (Å²) in [5.41, 5.74) is 2.14. The van der Waals surface area contributed by atoms with E-state index in [9.17, 15) is 14.3 Å². The van der Waals surface area contributed by atoms with Crippen molar-refractivity contribution in [3.63, 3.8) is 0 Å². The third-order valence-corrected chi connectivity index (χ3v) is 7.22. The maximum atomic E-state index is 14.9. The van der Waals surface area contributed by atoms with Gasteiger partial charge in [0.2, 0.25) is 0 Å². The van der Waals surface area contributed by atoms with Crippen molar-refractivity contribution in [3.8, 4) is 5.75 Å². The van der Waals surface area contributed by atoms with Gasteiger partial charge in [0, 0.05) is 34.1 Å². The molecule has 1 aliphatic carbocycles. The minimum Gasteiger partial charge on any atom is -0.493 e. The summed E-state index contributed by atoms with van der Waals surface area (Å²) in [5, 5.41) is 10.5. The maximum absolute atomic E-state index is 14.9. The zero-order valence-corrected chi connectivity index (χ0v) is 20.8. The van der Waals surface area contributed by atoms with E-state index in [0.717, 1.165) is 37.1 Å². The molecule has 1 saturated carbocycles. The van der Waals surface area contributed by atoms with Crippen LogP contribution in [0.3, 0.4) is 0 Å². The number of rotatable bonds is 8. The van der Waals surface area contributed by atoms with Crippen molar-refractivity contribution in [2.45, 2.75) is 31.7 Å². The average molecular weight is 514 g/mol. The van der Waals surface area contributed by atoms with E-state index in [1.165, 1.54) is 6.07 Å². The molecule has 5 rings (SSSR count). The highest BCUT2D eigenvalue weighted by atomic mass is 35.5. The Morgan fingerprint density at radius 3 is 2.34 bits per heavy atom. The summed E-state index contributed by atoms with van der Waals surface area (Å²) < 4.78 is 21.0. The Morgan fingerprint density at radius 2 is 1.74 bits per heavy atom. The smallest absolute Gasteiger partial charge is 0.338 e. The molecular weight excluding hydrogens is 488 g/mol. The summed E-state index contributed by atoms with van der Waals surface area (Å²) in [6, 6.07) is 18.7. The molecule has 1 unspecified atom stereocenters. The number of likely N-dealkylation sites (tertiary alicyclic amines) is 1. The van der Waals surface area contributed by atoms with E-state index in [0.29, 0.717) is 28.0 Å². The van der Waals surface area contributed by atoms with Gasteiger partial charge in [0.1, 0.15) is 11.6 Å². The van der Waals surface area contributed by atoms with E-state index in [1.54, 1.807) is 12.1 Å². The first-order valence-corrected chi connectivity index (χ1v) is 12.4. The fourth-order valence-corrected chi connectivity index (χ4v) is 5.60. The summed E-state index contributed by atoms with van der Waals surface area (Å²) in [6.45, 7) is 4.10. The molecule has 1 aliphatic heterocycles. The molecule has 0 bridgehead atoms. The molecular formula is C28H26Cl2FNO3. The number of benzene rings is 3. The SMILES string of the molecule is CC1(COc2ccc(C(=O)O)c(F)c2C2CC2)CN(C(c2ccccc2)c2cc(Cl)cc(Cl)c2)C1. The van der Waals surface area contributed by atoms with Crippen LogP contribution in [0.25, 0.3) is 0 Å². The van der Waals surface area contributed by atoms with E-state index in [4.69, 9.17) is 27.9 Å². The van der Waals surface area contributed by atoms with Gasteiger partial charge in [0.15, 0.2) is 0 Å². The lowest BCUT2D eigenvalue weighted by molar-refractivity contribution is -0.0379. The first kappa shape index (κ1) is 24.1. The zero-order valence-electron chi connectivity index (χ0n) is 19.3. The number of halogens is 3. The van der Waals surface area contributed by atoms with E-state index >= 15 is 0 Å². The van der Waals surface area contributed by atoms with Gasteiger partial charge in [0.25, 0.3) is 0 Å². The van der Waals surface area contributed by atoms with Gasteiger partial charge >= 0.3 is 5.97 Å². The third kappa shape index (κ3) is 5.04. The Kier molecular flexibility index (Phi) is 6.51. The number of aromatic carboxylic acids is 1. The summed E-state index contributed by atoms with van der Waals surface area (Å²) in [7, 11) is 0. The molecule has 3 aromatic carbocycles. The van der Waals surface area contributed by atoms with E-state index in [2.05, 4.69) is 24.0 Å². The first-order chi connectivity index (χ1) is 16.7. The molecule has 0 aromatic heterocycles. The predicted molar refractivity (Wildman–Crippen MR) is 135 cm³/mol. The monoisotopic (exact) mass is 513 g/mol. The normalized spacial score (nSPS) is 18.1. The number of carboxylic acid groups (broad SMARTS) is 1. The molecule has 0 radical (unpaired) electrons. The number of hydrogen-bond acceptors (Lipinski definition) is 3. The van der Waals surface area contributed by atoms with Crippen LogP contribution in [0.2, 0.25) is 10.0 Å². The number of carboxylic acids is 1. The van der Waals surface area contributed by atoms with Crippen LogP contribution in [0.4, 0.5) is 4.39 Å². The van der Waals surface area contributed by atoms with Gasteiger partial charge in [-0.25, -0.2) is 9.18 Å². The number of hydrogen-bond donors (Lipinski definition) is 1. The molecule has 7 heteroatoms. The van der Waals surface area contributed by atoms with Crippen LogP contribution in [0, 0.1) is 11.2 Å². The van der Waals surface area contributed by atoms with Crippen molar-refractivity contribution in [1.29, 1.82) is 0 Å². The van der Waals surface area contributed by atoms with Crippen LogP contribution in [0.15, 0.2) is 60.7 Å². The summed E-state index contributed by atoms with van der Waals surface area (Å²) in [5.74, 6) is -1.44. The highest BCUT2D eigenvalue weighted by Crippen LogP contribution is 2.47. The molecule has 0 amide bonds. The highest BCUT2D eigenvalue weighted by Gasteiger charge is 2.44. The van der Waals surface area contributed by atoms with Crippen molar-refractivity contribution in [2.75, 3.05) is 19.7 Å². The first-order valence-electron chi connectivity index (χ1n) is 11.7. The second-order valence-electron chi connectivity index (χ2n) is 9.94. The third-order valence-electron chi connectivity index (χ3n) is 6.78. The van der Waals surface area contributed by atoms with E-state index in [1.807, 2.05) is 30.3 Å². The zero-order chi connectivity index (χ0) is 24.7. The Balaban J connectivity index is 1.34. The van der Waals surface area contributed by atoms with Crippen LogP contribution in [-0.4, -0.2) is 35.7 Å². The Labute approximate surface area is 214 Å². The van der Waals surface area contributed by atoms with Crippen LogP contribution in [0.1, 0.15) is 58.8 Å². The molecule has 1 saturated heterocycles. The van der Waals surface area contributed by atoms with Gasteiger partial charge in [0.05, 0.1) is 18.2 Å². The van der Waals surface area contributed by atoms with E-state index < -0.39 is 11.8 Å². The highest BCUT2D eigenvalue weighted by molar-refractivity contribution is 6.34. The molecule has 182 valence electrons. The van der Waals surface area contributed by atoms with Crippen LogP contribution in [0.5, 0.6) is 5.75 Å². The van der Waals surface area contributed by atoms with Gasteiger partial charge in [-0.05, 0) is 60.2 Å². The van der Waals surface area contributed by atoms with E-state index in [-0.39, 0.29) is 22.9 Å². The topological polar surface area (TPSA) is 49.8 Å². The standard InChI is InChI=1S/C28H26Cl2FNO3/c1-28(16-35-23-10-9-22(27(33)34)25(31)24(23)17-7-8-17)14-32(15-28)26(18-5-3-2-4-6-18)19-11-20(29)13-21(30)12-19/h2-6,9-13,17,26H,7-8,14-16H2,1H3,(H,33,34). The van der Waals surface area contributed by atoms with Gasteiger partial charge in [-0.15, -0.1) is 0 Å². The maximum Gasteiger partial charge on any atom is 0.338 e. The number of nitrogens with zero attached hydrogens (tertiary/aromatic N) is 1. The average Bonchev–Trinajstić information content (AvgIpc) is 3.62. The second kappa shape index (κ2) is 9.45. The molecule has 35 heavy (non-hydrogen) atoms. The Bertz CT molecular complexity index is 1240. The van der Waals surface area contributed by atoms with Gasteiger partial charge in [-0.2, -0.15) is 0 Å². The lowest BCUT2D eigenvalue weighted by Crippen LogP contribution is -2.58. The molecule has 4 nitrogen and oxygen atoms in total. The van der Waals surface area contributed by atoms with Crippen molar-refractivity contribution in [1.82, 2.24) is 4.90 Å². The van der Waals surface area contributed by atoms with Gasteiger partial charge < -0.3 is 9.84 Å². The lowest BCUT2D eigenvalue weighted by atomic mass is 9.79. The summed E-state index contributed by atoms with van der Waals surface area (Å²) in [4.78, 5) is 13.7. The minimum absolute atomic E-state index is 0.00482. The lowest BCUT2D eigenvalue weighted by Gasteiger charge is -2.51. The van der Waals surface area contributed by atoms with Crippen molar-refractivity contribution >= 4 is 29.2 Å². The molecule has 2 aliphatic rings. The fraction of sp³-hybridized carbons (Fsp3) is 0.321. The molecule has 2 fully saturated rings. The van der Waals surface area contributed by atoms with Crippen LogP contribution >= 0.6 is 23.2 Å². The Morgan fingerprint density at radius 1 is 1.09 bits per heavy atom. The molecule has 1 N–H and O–H groups in total.